The summed E-state index contributed by atoms with van der Waals surface area (Å²) in [6.45, 7) is 5.70. The number of esters is 1. The molecule has 0 bridgehead atoms. The van der Waals surface area contributed by atoms with Crippen LogP contribution >= 0.6 is 0 Å². The third kappa shape index (κ3) is 5.22. The molecule has 1 heterocycles. The van der Waals surface area contributed by atoms with Crippen molar-refractivity contribution < 1.29 is 28.5 Å². The second-order valence-corrected chi connectivity index (χ2v) is 9.53. The van der Waals surface area contributed by atoms with Crippen LogP contribution in [-0.2, 0) is 14.3 Å². The number of methoxy groups -OCH3 is 3. The Bertz CT molecular complexity index is 1240. The van der Waals surface area contributed by atoms with Gasteiger partial charge in [-0.15, -0.1) is 0 Å². The van der Waals surface area contributed by atoms with Crippen LogP contribution in [0.25, 0.3) is 0 Å². The zero-order valence-corrected chi connectivity index (χ0v) is 22.3. The van der Waals surface area contributed by atoms with E-state index in [0.29, 0.717) is 47.6 Å². The van der Waals surface area contributed by atoms with Crippen LogP contribution in [0.1, 0.15) is 63.0 Å². The molecule has 3 atom stereocenters. The summed E-state index contributed by atoms with van der Waals surface area (Å²) < 4.78 is 22.0. The molecule has 0 amide bonds. The van der Waals surface area contributed by atoms with E-state index in [1.54, 1.807) is 27.4 Å². The average molecular weight is 506 g/mol. The number of ether oxygens (including phenoxy) is 4. The molecule has 7 nitrogen and oxygen atoms in total. The first-order valence-electron chi connectivity index (χ1n) is 12.6. The molecule has 0 spiro atoms. The van der Waals surface area contributed by atoms with Gasteiger partial charge in [-0.1, -0.05) is 25.1 Å². The molecule has 0 radical (unpaired) electrons. The lowest BCUT2D eigenvalue weighted by Crippen LogP contribution is -2.36. The number of dihydropyridines is 1. The normalized spacial score (nSPS) is 20.1. The average Bonchev–Trinajstić information content (AvgIpc) is 2.91. The Hall–Kier alpha value is -3.74. The highest BCUT2D eigenvalue weighted by Crippen LogP contribution is 2.47. The van der Waals surface area contributed by atoms with Gasteiger partial charge in [0.1, 0.15) is 5.75 Å². The molecule has 0 fully saturated rings. The van der Waals surface area contributed by atoms with E-state index in [1.807, 2.05) is 57.2 Å². The molecule has 2 aromatic rings. The number of hydrogen-bond acceptors (Lipinski definition) is 7. The quantitative estimate of drug-likeness (QED) is 0.480. The molecule has 1 aliphatic carbocycles. The van der Waals surface area contributed by atoms with Gasteiger partial charge in [0.25, 0.3) is 0 Å². The summed E-state index contributed by atoms with van der Waals surface area (Å²) >= 11 is 0. The number of benzene rings is 2. The third-order valence-corrected chi connectivity index (χ3v) is 7.26. The van der Waals surface area contributed by atoms with Crippen LogP contribution in [0.15, 0.2) is 65.0 Å². The minimum atomic E-state index is -0.572. The van der Waals surface area contributed by atoms with Crippen molar-refractivity contribution in [2.45, 2.75) is 58.0 Å². The van der Waals surface area contributed by atoms with Crippen LogP contribution in [0.3, 0.4) is 0 Å². The van der Waals surface area contributed by atoms with Crippen LogP contribution in [0.4, 0.5) is 0 Å². The maximum absolute atomic E-state index is 13.8. The van der Waals surface area contributed by atoms with Crippen molar-refractivity contribution >= 4 is 11.8 Å². The second kappa shape index (κ2) is 11.1. The maximum atomic E-state index is 13.8. The molecule has 2 aliphatic rings. The molecule has 1 aliphatic heterocycles. The molecule has 4 rings (SSSR count). The summed E-state index contributed by atoms with van der Waals surface area (Å²) in [4.78, 5) is 27.2. The highest BCUT2D eigenvalue weighted by atomic mass is 16.5. The van der Waals surface area contributed by atoms with Gasteiger partial charge < -0.3 is 24.3 Å². The van der Waals surface area contributed by atoms with Crippen LogP contribution in [-0.4, -0.2) is 39.2 Å². The maximum Gasteiger partial charge on any atom is 0.337 e. The molecule has 2 aromatic carbocycles. The Balaban J connectivity index is 1.79. The molecular weight excluding hydrogens is 470 g/mol. The van der Waals surface area contributed by atoms with Crippen molar-refractivity contribution in [3.8, 4) is 17.2 Å². The van der Waals surface area contributed by atoms with Gasteiger partial charge in [0.2, 0.25) is 0 Å². The molecular formula is C30H35NO6. The summed E-state index contributed by atoms with van der Waals surface area (Å²) in [5.41, 5.74) is 4.44. The van der Waals surface area contributed by atoms with Gasteiger partial charge in [-0.3, -0.25) is 4.79 Å². The van der Waals surface area contributed by atoms with Crippen LogP contribution < -0.4 is 19.5 Å². The molecule has 196 valence electrons. The fourth-order valence-electron chi connectivity index (χ4n) is 5.12. The van der Waals surface area contributed by atoms with Crippen molar-refractivity contribution in [2.75, 3.05) is 21.3 Å². The van der Waals surface area contributed by atoms with E-state index in [2.05, 4.69) is 5.32 Å². The van der Waals surface area contributed by atoms with Gasteiger partial charge in [-0.2, -0.15) is 0 Å². The van der Waals surface area contributed by atoms with E-state index in [-0.39, 0.29) is 17.8 Å². The zero-order valence-electron chi connectivity index (χ0n) is 22.3. The summed E-state index contributed by atoms with van der Waals surface area (Å²) in [5.74, 6) is 0.930. The summed E-state index contributed by atoms with van der Waals surface area (Å²) in [7, 11) is 4.78. The molecule has 0 saturated carbocycles. The number of carbonyl (C=O) groups is 2. The van der Waals surface area contributed by atoms with E-state index >= 15 is 0 Å². The first-order valence-corrected chi connectivity index (χ1v) is 12.6. The number of rotatable bonds is 8. The summed E-state index contributed by atoms with van der Waals surface area (Å²) in [6, 6.07) is 13.4. The van der Waals surface area contributed by atoms with E-state index < -0.39 is 11.9 Å². The number of Topliss-reactive ketones (excluding diaryl/α,β-unsaturated/α-hetero) is 1. The topological polar surface area (TPSA) is 83.1 Å². The van der Waals surface area contributed by atoms with Gasteiger partial charge in [0.15, 0.2) is 17.3 Å². The fourth-order valence-corrected chi connectivity index (χ4v) is 5.12. The predicted molar refractivity (Wildman–Crippen MR) is 141 cm³/mol. The number of allylic oxidation sites excluding steroid dienone is 3. The van der Waals surface area contributed by atoms with E-state index in [0.717, 1.165) is 22.6 Å². The standard InChI is InChI=1S/C30H35NO6/c1-7-17(2)37-30(33)27-18(3)31-23-14-21(19-8-11-22(34-4)12-9-19)15-24(32)29(23)28(27)20-10-13-25(35-5)26(16-20)36-6/h8-13,16-17,21,28,31H,7,14-15H2,1-6H3/t17-,21-,28-/m0/s1. The Morgan fingerprint density at radius 1 is 0.973 bits per heavy atom. The lowest BCUT2D eigenvalue weighted by molar-refractivity contribution is -0.144. The van der Waals surface area contributed by atoms with Crippen LogP contribution in [0.2, 0.25) is 0 Å². The Morgan fingerprint density at radius 3 is 2.27 bits per heavy atom. The largest absolute Gasteiger partial charge is 0.497 e. The van der Waals surface area contributed by atoms with Crippen molar-refractivity contribution in [1.29, 1.82) is 0 Å². The lowest BCUT2D eigenvalue weighted by Gasteiger charge is -2.37. The van der Waals surface area contributed by atoms with Crippen molar-refractivity contribution in [1.82, 2.24) is 5.32 Å². The van der Waals surface area contributed by atoms with Gasteiger partial charge in [-0.25, -0.2) is 4.79 Å². The smallest absolute Gasteiger partial charge is 0.337 e. The highest BCUT2D eigenvalue weighted by Gasteiger charge is 2.42. The third-order valence-electron chi connectivity index (χ3n) is 7.26. The van der Waals surface area contributed by atoms with Gasteiger partial charge >= 0.3 is 5.97 Å². The number of nitrogens with one attached hydrogen (secondary N) is 1. The van der Waals surface area contributed by atoms with Crippen LogP contribution in [0, 0.1) is 0 Å². The fraction of sp³-hybridized carbons (Fsp3) is 0.400. The summed E-state index contributed by atoms with van der Waals surface area (Å²) in [6.07, 6.45) is 1.46. The first-order chi connectivity index (χ1) is 17.8. The number of ketones is 1. The molecule has 0 aromatic heterocycles. The number of carbonyl (C=O) groups excluding carboxylic acids is 2. The highest BCUT2D eigenvalue weighted by molar-refractivity contribution is 6.04. The minimum Gasteiger partial charge on any atom is -0.497 e. The summed E-state index contributed by atoms with van der Waals surface area (Å²) in [5, 5.41) is 3.40. The van der Waals surface area contributed by atoms with Crippen LogP contribution in [0.5, 0.6) is 17.2 Å². The van der Waals surface area contributed by atoms with Crippen molar-refractivity contribution in [3.05, 3.63) is 76.1 Å². The predicted octanol–water partition coefficient (Wildman–Crippen LogP) is 5.42. The molecule has 0 saturated heterocycles. The molecule has 0 unspecified atom stereocenters. The Labute approximate surface area is 218 Å². The van der Waals surface area contributed by atoms with E-state index in [4.69, 9.17) is 18.9 Å². The molecule has 1 N–H and O–H groups in total. The van der Waals surface area contributed by atoms with E-state index in [1.165, 1.54) is 0 Å². The SMILES string of the molecule is CC[C@H](C)OC(=O)C1=C(C)NC2=C(C(=O)C[C@@H](c3ccc(OC)cc3)C2)[C@H]1c1ccc(OC)c(OC)c1. The Kier molecular flexibility index (Phi) is 7.91. The monoisotopic (exact) mass is 505 g/mol. The lowest BCUT2D eigenvalue weighted by atomic mass is 9.71. The second-order valence-electron chi connectivity index (χ2n) is 9.53. The zero-order chi connectivity index (χ0) is 26.7. The van der Waals surface area contributed by atoms with Gasteiger partial charge in [0, 0.05) is 29.3 Å². The van der Waals surface area contributed by atoms with Gasteiger partial charge in [0.05, 0.1) is 33.0 Å². The van der Waals surface area contributed by atoms with Crippen molar-refractivity contribution in [3.63, 3.8) is 0 Å². The Morgan fingerprint density at radius 2 is 1.65 bits per heavy atom. The van der Waals surface area contributed by atoms with Gasteiger partial charge in [-0.05, 0) is 68.0 Å². The molecule has 7 heteroatoms. The minimum absolute atomic E-state index is 0.00990. The van der Waals surface area contributed by atoms with Crippen molar-refractivity contribution in [2.24, 2.45) is 0 Å². The van der Waals surface area contributed by atoms with E-state index in [9.17, 15) is 9.59 Å². The molecule has 37 heavy (non-hydrogen) atoms. The first kappa shape index (κ1) is 26.3. The number of hydrogen-bond donors (Lipinski definition) is 1.